The average Bonchev–Trinajstić information content (AvgIpc) is 1.38. The summed E-state index contributed by atoms with van der Waals surface area (Å²) >= 11 is 2.31. The molecule has 0 spiro atoms. The maximum atomic E-state index is 3.74. The Bertz CT molecular complexity index is 42.2. The molecule has 0 aliphatic rings. The molecule has 0 N–H and O–H groups in total. The number of hydrogen-bond donors (Lipinski definition) is 0. The van der Waals surface area contributed by atoms with E-state index in [4.69, 9.17) is 0 Å². The van der Waals surface area contributed by atoms with Crippen molar-refractivity contribution in [3.05, 3.63) is 10.2 Å². The van der Waals surface area contributed by atoms with Crippen molar-refractivity contribution in [2.45, 2.75) is 6.92 Å². The van der Waals surface area contributed by atoms with Crippen LogP contribution in [0.5, 0.6) is 0 Å². The van der Waals surface area contributed by atoms with Gasteiger partial charge in [-0.3, -0.25) is 0 Å². The molecule has 0 bridgehead atoms. The topological polar surface area (TPSA) is 0 Å². The Labute approximate surface area is 51.8 Å². The Kier molecular flexibility index (Phi) is 4.39. The quantitative estimate of drug-likeness (QED) is 0.525. The van der Waals surface area contributed by atoms with Crippen LogP contribution in [0.2, 0.25) is 0 Å². The molecule has 0 radical (unpaired) electrons. The molecule has 0 rings (SSSR count). The van der Waals surface area contributed by atoms with Gasteiger partial charge in [-0.1, -0.05) is 0 Å². The maximum absolute atomic E-state index is 3.74. The van der Waals surface area contributed by atoms with E-state index >= 15 is 0 Å². The van der Waals surface area contributed by atoms with Gasteiger partial charge in [-0.05, 0) is 0 Å². The molecular formula is C3H5MgTe+. The molecule has 0 amide bonds. The zero-order valence-electron chi connectivity index (χ0n) is 3.32. The average molecular weight is 193 g/mol. The third-order valence-corrected chi connectivity index (χ3v) is 4.96. The van der Waals surface area contributed by atoms with E-state index in [1.165, 1.54) is 3.62 Å². The fourth-order valence-corrected chi connectivity index (χ4v) is 0. The van der Waals surface area contributed by atoms with Gasteiger partial charge in [-0.2, -0.15) is 0 Å². The van der Waals surface area contributed by atoms with Crippen LogP contribution in [0.3, 0.4) is 0 Å². The van der Waals surface area contributed by atoms with Crippen LogP contribution in [0.4, 0.5) is 0 Å². The molecular weight excluding hydrogens is 188 g/mol. The van der Waals surface area contributed by atoms with Gasteiger partial charge in [0.15, 0.2) is 0 Å². The monoisotopic (exact) mass is 195 g/mol. The molecule has 5 heavy (non-hydrogen) atoms. The standard InChI is InChI=1S/C3H6Te.Mg/c1-3(2)4;/h4H,1H2,2H3;/q;+2/p-1. The van der Waals surface area contributed by atoms with Crippen LogP contribution in [0, 0.1) is 0 Å². The van der Waals surface area contributed by atoms with Gasteiger partial charge in [0.05, 0.1) is 0 Å². The van der Waals surface area contributed by atoms with Crippen molar-refractivity contribution in [1.82, 2.24) is 0 Å². The first kappa shape index (κ1) is 6.30. The normalized spacial score (nSPS) is 7.80. The van der Waals surface area contributed by atoms with Crippen molar-refractivity contribution in [3.63, 3.8) is 0 Å². The summed E-state index contributed by atoms with van der Waals surface area (Å²) in [4.78, 5) is 0. The van der Waals surface area contributed by atoms with Gasteiger partial charge in [-0.25, -0.2) is 0 Å². The predicted octanol–water partition coefficient (Wildman–Crippen LogP) is 0.308. The number of allylic oxidation sites excluding steroid dienone is 1. The molecule has 0 saturated carbocycles. The fourth-order valence-electron chi connectivity index (χ4n) is 0. The molecule has 0 aliphatic heterocycles. The van der Waals surface area contributed by atoms with E-state index in [0.29, 0.717) is 0 Å². The summed E-state index contributed by atoms with van der Waals surface area (Å²) in [6.07, 6.45) is 0. The molecule has 0 unspecified atom stereocenters. The molecule has 0 aromatic heterocycles. The second-order valence-electron chi connectivity index (χ2n) is 0.846. The molecule has 24 valence electrons. The first-order valence-corrected chi connectivity index (χ1v) is 8.03. The summed E-state index contributed by atoms with van der Waals surface area (Å²) in [5.41, 5.74) is 0. The zero-order chi connectivity index (χ0) is 4.28. The van der Waals surface area contributed by atoms with Crippen LogP contribution in [-0.4, -0.2) is 35.1 Å². The van der Waals surface area contributed by atoms with Gasteiger partial charge in [-0.15, -0.1) is 0 Å². The van der Waals surface area contributed by atoms with E-state index in [1.807, 2.05) is 0 Å². The number of hydrogen-bond acceptors (Lipinski definition) is 0. The van der Waals surface area contributed by atoms with Gasteiger partial charge >= 0.3 is 52.2 Å². The van der Waals surface area contributed by atoms with Crippen LogP contribution in [0.25, 0.3) is 0 Å². The van der Waals surface area contributed by atoms with Crippen molar-refractivity contribution in [1.29, 1.82) is 0 Å². The Morgan fingerprint density at radius 2 is 2.20 bits per heavy atom. The SMILES string of the molecule is C=C(C)[Te][Mg+]. The number of rotatable bonds is 1. The Morgan fingerprint density at radius 1 is 2.00 bits per heavy atom. The summed E-state index contributed by atoms with van der Waals surface area (Å²) in [6.45, 7) is 5.83. The first-order chi connectivity index (χ1) is 2.27. The molecule has 0 aliphatic carbocycles. The Morgan fingerprint density at radius 3 is 2.20 bits per heavy atom. The summed E-state index contributed by atoms with van der Waals surface area (Å²) < 4.78 is 1.40. The van der Waals surface area contributed by atoms with E-state index in [9.17, 15) is 0 Å². The predicted molar refractivity (Wildman–Crippen MR) is 26.3 cm³/mol. The molecule has 2 heteroatoms. The van der Waals surface area contributed by atoms with Crippen LogP contribution >= 0.6 is 0 Å². The van der Waals surface area contributed by atoms with Gasteiger partial charge in [0, 0.05) is 0 Å². The van der Waals surface area contributed by atoms with Gasteiger partial charge in [0.2, 0.25) is 0 Å². The van der Waals surface area contributed by atoms with E-state index < -0.39 is 0 Å². The van der Waals surface area contributed by atoms with Crippen molar-refractivity contribution in [2.75, 3.05) is 0 Å². The van der Waals surface area contributed by atoms with Crippen LogP contribution in [0.1, 0.15) is 6.92 Å². The van der Waals surface area contributed by atoms with E-state index in [1.54, 1.807) is 0 Å². The molecule has 0 heterocycles. The Balaban J connectivity index is 2.85. The minimum absolute atomic E-state index is 0.243. The molecule has 0 saturated heterocycles. The van der Waals surface area contributed by atoms with Crippen molar-refractivity contribution >= 4 is 35.1 Å². The second-order valence-corrected chi connectivity index (χ2v) is 5.60. The molecule has 0 aromatic carbocycles. The summed E-state index contributed by atoms with van der Waals surface area (Å²) in [5, 5.41) is 0. The zero-order valence-corrected chi connectivity index (χ0v) is 7.07. The van der Waals surface area contributed by atoms with Crippen LogP contribution in [0.15, 0.2) is 10.2 Å². The van der Waals surface area contributed by atoms with Gasteiger partial charge in [0.1, 0.15) is 0 Å². The van der Waals surface area contributed by atoms with Gasteiger partial charge in [0.25, 0.3) is 0 Å². The van der Waals surface area contributed by atoms with Crippen molar-refractivity contribution in [3.8, 4) is 0 Å². The summed E-state index contributed by atoms with van der Waals surface area (Å²) in [5.74, 6) is 0. The van der Waals surface area contributed by atoms with E-state index in [2.05, 4.69) is 31.4 Å². The Hall–Kier alpha value is 1.30. The third kappa shape index (κ3) is 5.30. The minimum atomic E-state index is 0.243. The van der Waals surface area contributed by atoms with Crippen molar-refractivity contribution in [2.24, 2.45) is 0 Å². The van der Waals surface area contributed by atoms with E-state index in [-0.39, 0.29) is 17.2 Å². The summed E-state index contributed by atoms with van der Waals surface area (Å²) in [6, 6.07) is 0. The first-order valence-electron chi connectivity index (χ1n) is 1.35. The van der Waals surface area contributed by atoms with Crippen LogP contribution in [-0.2, 0) is 0 Å². The fraction of sp³-hybridized carbons (Fsp3) is 0.333. The van der Waals surface area contributed by atoms with Gasteiger partial charge < -0.3 is 0 Å². The molecule has 0 fully saturated rings. The second kappa shape index (κ2) is 3.48. The molecule has 0 atom stereocenters. The summed E-state index contributed by atoms with van der Waals surface area (Å²) in [7, 11) is 0. The van der Waals surface area contributed by atoms with E-state index in [0.717, 1.165) is 0 Å². The van der Waals surface area contributed by atoms with Crippen molar-refractivity contribution < 1.29 is 0 Å². The third-order valence-electron chi connectivity index (χ3n) is 0.246. The molecule has 0 nitrogen and oxygen atoms in total. The molecule has 0 aromatic rings. The van der Waals surface area contributed by atoms with Crippen LogP contribution < -0.4 is 0 Å².